The Morgan fingerprint density at radius 2 is 1.69 bits per heavy atom. The number of nitrogens with zero attached hydrogens (tertiary/aromatic N) is 2. The van der Waals surface area contributed by atoms with Crippen molar-refractivity contribution in [3.8, 4) is 5.75 Å². The van der Waals surface area contributed by atoms with Gasteiger partial charge in [0.05, 0.1) is 7.11 Å². The molecule has 1 fully saturated rings. The van der Waals surface area contributed by atoms with Gasteiger partial charge in [-0.1, -0.05) is 24.3 Å². The van der Waals surface area contributed by atoms with Crippen LogP contribution in [0.15, 0.2) is 60.9 Å². The molecule has 0 atom stereocenters. The number of ether oxygens (including phenoxy) is 1. The fourth-order valence-electron chi connectivity index (χ4n) is 3.86. The monoisotopic (exact) mass is 346 g/mol. The number of carbonyl (C=O) groups is 1. The first kappa shape index (κ1) is 16.6. The van der Waals surface area contributed by atoms with Crippen molar-refractivity contribution in [2.75, 3.05) is 20.2 Å². The molecule has 0 saturated carbocycles. The van der Waals surface area contributed by atoms with Crippen LogP contribution in [-0.2, 0) is 0 Å². The molecule has 132 valence electrons. The van der Waals surface area contributed by atoms with Gasteiger partial charge in [-0.2, -0.15) is 0 Å². The molecular formula is C22H22N2O2. The van der Waals surface area contributed by atoms with Crippen LogP contribution in [0.1, 0.15) is 34.7 Å². The van der Waals surface area contributed by atoms with Gasteiger partial charge in [-0.3, -0.25) is 9.78 Å². The highest BCUT2D eigenvalue weighted by Crippen LogP contribution is 2.31. The number of carbonyl (C=O) groups excluding carboxylic acids is 1. The van der Waals surface area contributed by atoms with E-state index in [1.165, 1.54) is 5.56 Å². The van der Waals surface area contributed by atoms with Crippen molar-refractivity contribution in [3.05, 3.63) is 72.1 Å². The van der Waals surface area contributed by atoms with Crippen LogP contribution in [-0.4, -0.2) is 36.0 Å². The van der Waals surface area contributed by atoms with E-state index >= 15 is 0 Å². The minimum Gasteiger partial charge on any atom is -0.496 e. The highest BCUT2D eigenvalue weighted by Gasteiger charge is 2.25. The summed E-state index contributed by atoms with van der Waals surface area (Å²) in [7, 11) is 1.66. The number of pyridine rings is 1. The summed E-state index contributed by atoms with van der Waals surface area (Å²) < 4.78 is 5.44. The zero-order valence-electron chi connectivity index (χ0n) is 14.9. The third-order valence-corrected chi connectivity index (χ3v) is 5.29. The van der Waals surface area contributed by atoms with E-state index in [1.807, 2.05) is 53.7 Å². The van der Waals surface area contributed by atoms with Crippen molar-refractivity contribution in [2.24, 2.45) is 0 Å². The predicted molar refractivity (Wildman–Crippen MR) is 103 cm³/mol. The number of fused-ring (bicyclic) bond motifs is 1. The van der Waals surface area contributed by atoms with E-state index in [9.17, 15) is 4.79 Å². The Balaban J connectivity index is 1.55. The van der Waals surface area contributed by atoms with Crippen LogP contribution in [0.5, 0.6) is 5.75 Å². The number of rotatable bonds is 3. The molecule has 4 rings (SSSR count). The topological polar surface area (TPSA) is 42.4 Å². The molecule has 2 aromatic carbocycles. The molecule has 0 aliphatic carbocycles. The van der Waals surface area contributed by atoms with E-state index in [0.717, 1.165) is 48.0 Å². The van der Waals surface area contributed by atoms with Crippen LogP contribution < -0.4 is 4.74 Å². The lowest BCUT2D eigenvalue weighted by atomic mass is 9.89. The summed E-state index contributed by atoms with van der Waals surface area (Å²) in [5.41, 5.74) is 2.07. The van der Waals surface area contributed by atoms with Gasteiger partial charge in [0.2, 0.25) is 0 Å². The van der Waals surface area contributed by atoms with Crippen LogP contribution in [0.3, 0.4) is 0 Å². The van der Waals surface area contributed by atoms with E-state index in [4.69, 9.17) is 4.74 Å². The summed E-state index contributed by atoms with van der Waals surface area (Å²) >= 11 is 0. The molecule has 26 heavy (non-hydrogen) atoms. The predicted octanol–water partition coefficient (Wildman–Crippen LogP) is 4.26. The largest absolute Gasteiger partial charge is 0.496 e. The Hall–Kier alpha value is -2.88. The Bertz CT molecular complexity index is 916. The molecule has 0 bridgehead atoms. The molecule has 1 aliphatic heterocycles. The fourth-order valence-corrected chi connectivity index (χ4v) is 3.86. The van der Waals surface area contributed by atoms with Crippen molar-refractivity contribution in [2.45, 2.75) is 18.8 Å². The highest BCUT2D eigenvalue weighted by atomic mass is 16.5. The number of piperidine rings is 1. The zero-order valence-corrected chi connectivity index (χ0v) is 14.9. The van der Waals surface area contributed by atoms with Crippen molar-refractivity contribution in [1.29, 1.82) is 0 Å². The molecule has 1 aliphatic rings. The number of benzene rings is 2. The molecule has 4 heteroatoms. The van der Waals surface area contributed by atoms with Gasteiger partial charge in [-0.05, 0) is 54.0 Å². The fraction of sp³-hybridized carbons (Fsp3) is 0.273. The van der Waals surface area contributed by atoms with Gasteiger partial charge in [0.15, 0.2) is 0 Å². The van der Waals surface area contributed by atoms with E-state index in [0.29, 0.717) is 5.92 Å². The van der Waals surface area contributed by atoms with Crippen LogP contribution in [0.4, 0.5) is 0 Å². The van der Waals surface area contributed by atoms with Crippen LogP contribution in [0.25, 0.3) is 10.8 Å². The molecule has 4 nitrogen and oxygen atoms in total. The van der Waals surface area contributed by atoms with Crippen LogP contribution in [0.2, 0.25) is 0 Å². The third kappa shape index (κ3) is 3.03. The Kier molecular flexibility index (Phi) is 4.57. The average molecular weight is 346 g/mol. The maximum Gasteiger partial charge on any atom is 0.254 e. The quantitative estimate of drug-likeness (QED) is 0.711. The van der Waals surface area contributed by atoms with Crippen molar-refractivity contribution in [3.63, 3.8) is 0 Å². The lowest BCUT2D eigenvalue weighted by molar-refractivity contribution is 0.0715. The smallest absolute Gasteiger partial charge is 0.254 e. The van der Waals surface area contributed by atoms with Crippen molar-refractivity contribution >= 4 is 16.7 Å². The van der Waals surface area contributed by atoms with Crippen LogP contribution >= 0.6 is 0 Å². The minimum atomic E-state index is 0.108. The first-order valence-electron chi connectivity index (χ1n) is 9.03. The van der Waals surface area contributed by atoms with Gasteiger partial charge in [0.25, 0.3) is 5.91 Å². The molecular weight excluding hydrogens is 324 g/mol. The Labute approximate surface area is 153 Å². The molecule has 1 amide bonds. The van der Waals surface area contributed by atoms with Crippen molar-refractivity contribution < 1.29 is 9.53 Å². The lowest BCUT2D eigenvalue weighted by Crippen LogP contribution is -2.38. The summed E-state index contributed by atoms with van der Waals surface area (Å²) in [6.07, 6.45) is 5.67. The van der Waals surface area contributed by atoms with Gasteiger partial charge in [-0.15, -0.1) is 0 Å². The third-order valence-electron chi connectivity index (χ3n) is 5.29. The number of amides is 1. The van der Waals surface area contributed by atoms with Gasteiger partial charge in [-0.25, -0.2) is 0 Å². The first-order chi connectivity index (χ1) is 12.8. The minimum absolute atomic E-state index is 0.108. The van der Waals surface area contributed by atoms with E-state index in [1.54, 1.807) is 7.11 Å². The summed E-state index contributed by atoms with van der Waals surface area (Å²) in [5, 5.41) is 1.93. The average Bonchev–Trinajstić information content (AvgIpc) is 2.73. The number of methoxy groups -OCH3 is 1. The number of hydrogen-bond donors (Lipinski definition) is 0. The van der Waals surface area contributed by atoms with E-state index < -0.39 is 0 Å². The molecule has 0 unspecified atom stereocenters. The lowest BCUT2D eigenvalue weighted by Gasteiger charge is -2.32. The summed E-state index contributed by atoms with van der Waals surface area (Å²) in [4.78, 5) is 19.2. The van der Waals surface area contributed by atoms with Gasteiger partial charge >= 0.3 is 0 Å². The molecule has 0 radical (unpaired) electrons. The zero-order chi connectivity index (χ0) is 17.9. The molecule has 3 aromatic rings. The number of aromatic nitrogens is 1. The second-order valence-electron chi connectivity index (χ2n) is 6.71. The Morgan fingerprint density at radius 1 is 1.00 bits per heavy atom. The molecule has 0 spiro atoms. The SMILES string of the molecule is COc1ccc(C(=O)N2CCC(c3ccncc3)CC2)c2ccccc12. The molecule has 0 N–H and O–H groups in total. The standard InChI is InChI=1S/C22H22N2O2/c1-26-21-7-6-20(18-4-2-3-5-19(18)21)22(25)24-14-10-17(11-15-24)16-8-12-23-13-9-16/h2-9,12-13,17H,10-11,14-15H2,1H3. The first-order valence-corrected chi connectivity index (χ1v) is 9.03. The molecule has 2 heterocycles. The summed E-state index contributed by atoms with van der Waals surface area (Å²) in [6.45, 7) is 1.57. The normalized spacial score (nSPS) is 15.2. The second-order valence-corrected chi connectivity index (χ2v) is 6.71. The van der Waals surface area contributed by atoms with Gasteiger partial charge < -0.3 is 9.64 Å². The van der Waals surface area contributed by atoms with Gasteiger partial charge in [0, 0.05) is 36.4 Å². The van der Waals surface area contributed by atoms with E-state index in [-0.39, 0.29) is 5.91 Å². The molecule has 1 saturated heterocycles. The second kappa shape index (κ2) is 7.16. The van der Waals surface area contributed by atoms with Gasteiger partial charge in [0.1, 0.15) is 5.75 Å². The molecule has 1 aromatic heterocycles. The number of hydrogen-bond acceptors (Lipinski definition) is 3. The van der Waals surface area contributed by atoms with Crippen LogP contribution in [0, 0.1) is 0 Å². The maximum absolute atomic E-state index is 13.1. The number of likely N-dealkylation sites (tertiary alicyclic amines) is 1. The highest BCUT2D eigenvalue weighted by molar-refractivity contribution is 6.08. The van der Waals surface area contributed by atoms with E-state index in [2.05, 4.69) is 17.1 Å². The van der Waals surface area contributed by atoms with Crippen molar-refractivity contribution in [1.82, 2.24) is 9.88 Å². The summed E-state index contributed by atoms with van der Waals surface area (Å²) in [5.74, 6) is 1.42. The Morgan fingerprint density at radius 3 is 2.38 bits per heavy atom. The maximum atomic E-state index is 13.1. The summed E-state index contributed by atoms with van der Waals surface area (Å²) in [6, 6.07) is 15.9.